The van der Waals surface area contributed by atoms with Gasteiger partial charge in [-0.1, -0.05) is 19.9 Å². The zero-order chi connectivity index (χ0) is 23.8. The third-order valence-electron chi connectivity index (χ3n) is 6.80. The van der Waals surface area contributed by atoms with E-state index in [1.807, 2.05) is 24.5 Å². The number of nitrogens with zero attached hydrogens (tertiary/aromatic N) is 2. The van der Waals surface area contributed by atoms with Gasteiger partial charge in [-0.05, 0) is 36.5 Å². The molecule has 1 aromatic heterocycles. The summed E-state index contributed by atoms with van der Waals surface area (Å²) in [5, 5.41) is 5.84. The molecule has 0 spiro atoms. The molecule has 1 fully saturated rings. The summed E-state index contributed by atoms with van der Waals surface area (Å²) in [4.78, 5) is 40.3. The number of nitrogens with one attached hydrogen (secondary N) is 2. The third-order valence-corrected chi connectivity index (χ3v) is 6.80. The van der Waals surface area contributed by atoms with E-state index in [4.69, 9.17) is 9.47 Å². The summed E-state index contributed by atoms with van der Waals surface area (Å²) in [6.45, 7) is 6.49. The van der Waals surface area contributed by atoms with Crippen LogP contribution in [0.5, 0.6) is 11.5 Å². The molecule has 5 rings (SSSR count). The largest absolute Gasteiger partial charge is 0.486 e. The number of ether oxygens (including phenoxy) is 2. The maximum atomic E-state index is 13.2. The molecule has 0 unspecified atom stereocenters. The van der Waals surface area contributed by atoms with Crippen LogP contribution in [0, 0.1) is 11.8 Å². The topological polar surface area (TPSA) is 102 Å². The quantitative estimate of drug-likeness (QED) is 0.721. The number of urea groups is 1. The van der Waals surface area contributed by atoms with Crippen LogP contribution in [0.25, 0.3) is 0 Å². The van der Waals surface area contributed by atoms with E-state index in [-0.39, 0.29) is 35.3 Å². The van der Waals surface area contributed by atoms with E-state index in [2.05, 4.69) is 10.6 Å². The second-order valence-corrected chi connectivity index (χ2v) is 9.62. The number of anilines is 1. The molecule has 1 saturated heterocycles. The van der Waals surface area contributed by atoms with Crippen molar-refractivity contribution in [3.05, 3.63) is 52.4 Å². The lowest BCUT2D eigenvalue weighted by atomic mass is 9.83. The maximum Gasteiger partial charge on any atom is 0.318 e. The minimum Gasteiger partial charge on any atom is -0.486 e. The summed E-state index contributed by atoms with van der Waals surface area (Å²) < 4.78 is 13.0. The molecule has 9 nitrogen and oxygen atoms in total. The average Bonchev–Trinajstić information content (AvgIpc) is 2.82. The number of carbonyl (C=O) groups excluding carboxylic acids is 2. The molecule has 3 aliphatic heterocycles. The number of amides is 3. The third kappa shape index (κ3) is 4.34. The molecule has 0 saturated carbocycles. The predicted molar refractivity (Wildman–Crippen MR) is 126 cm³/mol. The first kappa shape index (κ1) is 22.3. The molecule has 3 aliphatic rings. The molecule has 0 radical (unpaired) electrons. The molecule has 3 atom stereocenters. The van der Waals surface area contributed by atoms with Gasteiger partial charge in [-0.25, -0.2) is 4.79 Å². The van der Waals surface area contributed by atoms with Gasteiger partial charge in [-0.15, -0.1) is 0 Å². The van der Waals surface area contributed by atoms with Crippen molar-refractivity contribution >= 4 is 17.6 Å². The van der Waals surface area contributed by atoms with Gasteiger partial charge < -0.3 is 29.6 Å². The van der Waals surface area contributed by atoms with E-state index >= 15 is 0 Å². The van der Waals surface area contributed by atoms with E-state index in [0.717, 1.165) is 12.1 Å². The Hall–Kier alpha value is -3.49. The summed E-state index contributed by atoms with van der Waals surface area (Å²) in [5.41, 5.74) is 1.59. The van der Waals surface area contributed by atoms with Gasteiger partial charge in [0.15, 0.2) is 11.5 Å². The Morgan fingerprint density at radius 2 is 1.82 bits per heavy atom. The van der Waals surface area contributed by atoms with Crippen molar-refractivity contribution in [2.45, 2.75) is 38.8 Å². The number of likely N-dealkylation sites (tertiary alicyclic amines) is 1. The highest BCUT2D eigenvalue weighted by atomic mass is 16.6. The van der Waals surface area contributed by atoms with Gasteiger partial charge in [0.25, 0.3) is 5.56 Å². The van der Waals surface area contributed by atoms with Gasteiger partial charge in [0, 0.05) is 49.1 Å². The molecule has 180 valence electrons. The van der Waals surface area contributed by atoms with E-state index in [1.165, 1.54) is 0 Å². The van der Waals surface area contributed by atoms with Gasteiger partial charge >= 0.3 is 6.03 Å². The van der Waals surface area contributed by atoms with Gasteiger partial charge in [-0.2, -0.15) is 0 Å². The Kier molecular flexibility index (Phi) is 5.93. The number of benzene rings is 1. The standard InChI is InChI=1S/C25H30N4O5/c1-15(2)23(24(31)26-18-6-7-20-21(11-18)34-9-8-33-20)27-25(32)28-12-16-10-17(14-28)19-4-3-5-22(30)29(19)13-16/h3-7,11,15-17,23H,8-10,12-14H2,1-2H3,(H,26,31)(H,27,32)/t16-,17+,23+/m1/s1. The summed E-state index contributed by atoms with van der Waals surface area (Å²) in [6, 6.07) is 9.65. The monoisotopic (exact) mass is 466 g/mol. The number of hydrogen-bond acceptors (Lipinski definition) is 5. The molecule has 4 heterocycles. The van der Waals surface area contributed by atoms with E-state index in [9.17, 15) is 14.4 Å². The minimum absolute atomic E-state index is 0.0146. The highest BCUT2D eigenvalue weighted by Gasteiger charge is 2.37. The molecule has 1 aromatic carbocycles. The first-order chi connectivity index (χ1) is 16.4. The molecule has 34 heavy (non-hydrogen) atoms. The molecule has 2 bridgehead atoms. The summed E-state index contributed by atoms with van der Waals surface area (Å²) in [7, 11) is 0. The number of carbonyl (C=O) groups is 2. The first-order valence-electron chi connectivity index (χ1n) is 11.8. The van der Waals surface area contributed by atoms with Crippen LogP contribution in [0.15, 0.2) is 41.2 Å². The number of aromatic nitrogens is 1. The molecule has 2 N–H and O–H groups in total. The van der Waals surface area contributed by atoms with E-state index in [0.29, 0.717) is 50.0 Å². The van der Waals surface area contributed by atoms with Gasteiger partial charge in [0.05, 0.1) is 0 Å². The second kappa shape index (κ2) is 9.04. The highest BCUT2D eigenvalue weighted by molar-refractivity contribution is 5.97. The normalized spacial score (nSPS) is 21.4. The summed E-state index contributed by atoms with van der Waals surface area (Å²) in [6.07, 6.45) is 0.964. The van der Waals surface area contributed by atoms with Crippen molar-refractivity contribution in [1.29, 1.82) is 0 Å². The number of piperidine rings is 1. The average molecular weight is 467 g/mol. The van der Waals surface area contributed by atoms with Crippen LogP contribution in [0.3, 0.4) is 0 Å². The molecular weight excluding hydrogens is 436 g/mol. The van der Waals surface area contributed by atoms with Crippen molar-refractivity contribution in [2.75, 3.05) is 31.6 Å². The fourth-order valence-electron chi connectivity index (χ4n) is 5.16. The lowest BCUT2D eigenvalue weighted by Crippen LogP contribution is -2.56. The lowest BCUT2D eigenvalue weighted by molar-refractivity contribution is -0.118. The van der Waals surface area contributed by atoms with Crippen LogP contribution < -0.4 is 25.7 Å². The Labute approximate surface area is 198 Å². The van der Waals surface area contributed by atoms with Crippen molar-refractivity contribution in [3.63, 3.8) is 0 Å². The predicted octanol–water partition coefficient (Wildman–Crippen LogP) is 2.41. The van der Waals surface area contributed by atoms with Crippen molar-refractivity contribution in [2.24, 2.45) is 11.8 Å². The van der Waals surface area contributed by atoms with Crippen LogP contribution in [-0.4, -0.2) is 53.8 Å². The van der Waals surface area contributed by atoms with Crippen LogP contribution in [-0.2, 0) is 11.3 Å². The highest BCUT2D eigenvalue weighted by Crippen LogP contribution is 2.35. The lowest BCUT2D eigenvalue weighted by Gasteiger charge is -2.43. The number of fused-ring (bicyclic) bond motifs is 5. The zero-order valence-corrected chi connectivity index (χ0v) is 19.5. The fraction of sp³-hybridized carbons (Fsp3) is 0.480. The van der Waals surface area contributed by atoms with Crippen LogP contribution in [0.2, 0.25) is 0 Å². The minimum atomic E-state index is -0.697. The summed E-state index contributed by atoms with van der Waals surface area (Å²) >= 11 is 0. The Bertz CT molecular complexity index is 1160. The zero-order valence-electron chi connectivity index (χ0n) is 19.5. The van der Waals surface area contributed by atoms with E-state index < -0.39 is 6.04 Å². The molecule has 9 heteroatoms. The maximum absolute atomic E-state index is 13.2. The second-order valence-electron chi connectivity index (χ2n) is 9.62. The van der Waals surface area contributed by atoms with Gasteiger partial charge in [0.2, 0.25) is 5.91 Å². The number of rotatable bonds is 4. The Morgan fingerprint density at radius 3 is 2.62 bits per heavy atom. The Balaban J connectivity index is 1.26. The SMILES string of the molecule is CC(C)[C@H](NC(=O)N1C[C@H]2C[C@@H](C1)c1cccc(=O)n1C2)C(=O)Nc1ccc2c(c1)OCCO2. The first-order valence-corrected chi connectivity index (χ1v) is 11.8. The number of hydrogen-bond donors (Lipinski definition) is 2. The smallest absolute Gasteiger partial charge is 0.318 e. The summed E-state index contributed by atoms with van der Waals surface area (Å²) in [5.74, 6) is 1.20. The molecular formula is C25H30N4O5. The van der Waals surface area contributed by atoms with Crippen LogP contribution in [0.1, 0.15) is 31.9 Å². The molecule has 2 aromatic rings. The van der Waals surface area contributed by atoms with Crippen molar-refractivity contribution in [3.8, 4) is 11.5 Å². The van der Waals surface area contributed by atoms with Gasteiger partial charge in [0.1, 0.15) is 19.3 Å². The van der Waals surface area contributed by atoms with Crippen LogP contribution >= 0.6 is 0 Å². The Morgan fingerprint density at radius 1 is 1.03 bits per heavy atom. The van der Waals surface area contributed by atoms with Crippen LogP contribution in [0.4, 0.5) is 10.5 Å². The van der Waals surface area contributed by atoms with Crippen molar-refractivity contribution in [1.82, 2.24) is 14.8 Å². The molecule has 3 amide bonds. The van der Waals surface area contributed by atoms with Crippen molar-refractivity contribution < 1.29 is 19.1 Å². The van der Waals surface area contributed by atoms with E-state index in [1.54, 1.807) is 35.2 Å². The fourth-order valence-corrected chi connectivity index (χ4v) is 5.16. The van der Waals surface area contributed by atoms with Gasteiger partial charge in [-0.3, -0.25) is 9.59 Å². The number of pyridine rings is 1. The molecule has 0 aliphatic carbocycles.